The molecule has 8 nitrogen and oxygen atoms in total. The SMILES string of the molecule is CCCCc1ccc(Nc2nc3ccccc3nc2NS(=O)(=O)c2cccc3nsnc23)cc1. The number of anilines is 3. The van der Waals surface area contributed by atoms with Crippen LogP contribution in [0, 0.1) is 0 Å². The molecule has 2 aromatic heterocycles. The number of nitrogens with one attached hydrogen (secondary N) is 2. The van der Waals surface area contributed by atoms with E-state index >= 15 is 0 Å². The lowest BCUT2D eigenvalue weighted by atomic mass is 10.1. The van der Waals surface area contributed by atoms with Crippen LogP contribution >= 0.6 is 11.7 Å². The number of aromatic nitrogens is 4. The minimum atomic E-state index is -4.00. The molecule has 172 valence electrons. The molecule has 0 fully saturated rings. The third-order valence-electron chi connectivity index (χ3n) is 5.38. The van der Waals surface area contributed by atoms with Gasteiger partial charge in [0.25, 0.3) is 10.0 Å². The average molecular weight is 491 g/mol. The molecule has 2 heterocycles. The minimum absolute atomic E-state index is 0.0416. The number of hydrogen-bond acceptors (Lipinski definition) is 8. The number of fused-ring (bicyclic) bond motifs is 2. The van der Waals surface area contributed by atoms with Gasteiger partial charge in [0.1, 0.15) is 15.9 Å². The number of benzene rings is 3. The zero-order valence-corrected chi connectivity index (χ0v) is 20.0. The fourth-order valence-corrected chi connectivity index (χ4v) is 5.39. The van der Waals surface area contributed by atoms with Gasteiger partial charge in [-0.1, -0.05) is 43.7 Å². The van der Waals surface area contributed by atoms with E-state index in [1.807, 2.05) is 30.3 Å². The maximum atomic E-state index is 13.3. The van der Waals surface area contributed by atoms with Gasteiger partial charge in [-0.2, -0.15) is 8.75 Å². The number of sulfonamides is 1. The van der Waals surface area contributed by atoms with Gasteiger partial charge in [0.2, 0.25) is 0 Å². The van der Waals surface area contributed by atoms with Gasteiger partial charge in [0, 0.05) is 5.69 Å². The highest BCUT2D eigenvalue weighted by Crippen LogP contribution is 2.29. The second kappa shape index (κ2) is 9.32. The Morgan fingerprint density at radius 2 is 1.53 bits per heavy atom. The zero-order chi connectivity index (χ0) is 23.5. The smallest absolute Gasteiger partial charge is 0.265 e. The molecule has 0 unspecified atom stereocenters. The molecule has 0 aliphatic rings. The topological polar surface area (TPSA) is 110 Å². The minimum Gasteiger partial charge on any atom is -0.337 e. The standard InChI is InChI=1S/C24H22N6O2S2/c1-2-3-7-16-12-14-17(15-13-16)25-23-24(27-19-9-5-4-8-18(19)26-23)30-34(31,32)21-11-6-10-20-22(21)29-33-28-20/h4-6,8-15H,2-3,7H2,1H3,(H,25,26)(H,27,30). The van der Waals surface area contributed by atoms with Crippen molar-refractivity contribution in [1.82, 2.24) is 18.7 Å². The summed E-state index contributed by atoms with van der Waals surface area (Å²) in [7, 11) is -4.00. The zero-order valence-electron chi connectivity index (χ0n) is 18.4. The van der Waals surface area contributed by atoms with Crippen LogP contribution in [0.25, 0.3) is 22.1 Å². The lowest BCUT2D eigenvalue weighted by molar-refractivity contribution is 0.602. The number of nitrogens with zero attached hydrogens (tertiary/aromatic N) is 4. The predicted molar refractivity (Wildman–Crippen MR) is 136 cm³/mol. The van der Waals surface area contributed by atoms with Gasteiger partial charge in [-0.15, -0.1) is 0 Å². The Bertz CT molecular complexity index is 1570. The quantitative estimate of drug-likeness (QED) is 0.295. The normalized spacial score (nSPS) is 11.7. The second-order valence-electron chi connectivity index (χ2n) is 7.83. The van der Waals surface area contributed by atoms with Crippen LogP contribution in [0.5, 0.6) is 0 Å². The molecule has 0 bridgehead atoms. The summed E-state index contributed by atoms with van der Waals surface area (Å²) in [6.07, 6.45) is 3.30. The molecule has 0 spiro atoms. The molecular weight excluding hydrogens is 468 g/mol. The van der Waals surface area contributed by atoms with Crippen LogP contribution in [0.15, 0.2) is 71.6 Å². The van der Waals surface area contributed by atoms with E-state index in [-0.39, 0.29) is 10.7 Å². The Labute approximate surface area is 201 Å². The molecule has 0 saturated carbocycles. The number of unbranched alkanes of at least 4 members (excludes halogenated alkanes) is 1. The summed E-state index contributed by atoms with van der Waals surface area (Å²) in [5.41, 5.74) is 4.12. The highest BCUT2D eigenvalue weighted by atomic mass is 32.2. The Morgan fingerprint density at radius 3 is 2.26 bits per heavy atom. The van der Waals surface area contributed by atoms with Crippen LogP contribution in [0.3, 0.4) is 0 Å². The fourth-order valence-electron chi connectivity index (χ4n) is 3.61. The third-order valence-corrected chi connectivity index (χ3v) is 7.29. The van der Waals surface area contributed by atoms with E-state index in [1.54, 1.807) is 18.2 Å². The first-order valence-electron chi connectivity index (χ1n) is 10.9. The van der Waals surface area contributed by atoms with E-state index in [0.29, 0.717) is 27.9 Å². The summed E-state index contributed by atoms with van der Waals surface area (Å²) in [5, 5.41) is 3.23. The molecule has 0 radical (unpaired) electrons. The van der Waals surface area contributed by atoms with Crippen molar-refractivity contribution in [2.75, 3.05) is 10.0 Å². The summed E-state index contributed by atoms with van der Waals surface area (Å²) in [5.74, 6) is 0.418. The maximum Gasteiger partial charge on any atom is 0.265 e. The molecule has 0 aliphatic carbocycles. The third kappa shape index (κ3) is 4.55. The lowest BCUT2D eigenvalue weighted by Crippen LogP contribution is -2.16. The molecule has 0 aliphatic heterocycles. The maximum absolute atomic E-state index is 13.3. The van der Waals surface area contributed by atoms with Crippen molar-refractivity contribution in [2.45, 2.75) is 31.1 Å². The monoisotopic (exact) mass is 490 g/mol. The number of aryl methyl sites for hydroxylation is 1. The molecule has 0 amide bonds. The van der Waals surface area contributed by atoms with E-state index in [9.17, 15) is 8.42 Å². The fraction of sp³-hybridized carbons (Fsp3) is 0.167. The van der Waals surface area contributed by atoms with Crippen molar-refractivity contribution >= 4 is 61.1 Å². The van der Waals surface area contributed by atoms with Crippen molar-refractivity contribution in [3.8, 4) is 0 Å². The van der Waals surface area contributed by atoms with Crippen LogP contribution in [-0.4, -0.2) is 27.1 Å². The van der Waals surface area contributed by atoms with E-state index in [4.69, 9.17) is 0 Å². The highest BCUT2D eigenvalue weighted by molar-refractivity contribution is 7.93. The Kier molecular flexibility index (Phi) is 6.08. The largest absolute Gasteiger partial charge is 0.337 e. The Hall–Kier alpha value is -3.63. The summed E-state index contributed by atoms with van der Waals surface area (Å²) in [4.78, 5) is 9.25. The van der Waals surface area contributed by atoms with Crippen LogP contribution in [0.1, 0.15) is 25.3 Å². The molecule has 2 N–H and O–H groups in total. The molecule has 0 atom stereocenters. The molecular formula is C24H22N6O2S2. The Morgan fingerprint density at radius 1 is 0.824 bits per heavy atom. The molecule has 0 saturated heterocycles. The number of para-hydroxylation sites is 2. The van der Waals surface area contributed by atoms with Crippen LogP contribution < -0.4 is 10.0 Å². The molecule has 10 heteroatoms. The molecule has 3 aromatic carbocycles. The predicted octanol–water partition coefficient (Wildman–Crippen LogP) is 5.52. The van der Waals surface area contributed by atoms with Gasteiger partial charge in [-0.3, -0.25) is 4.72 Å². The van der Waals surface area contributed by atoms with Crippen molar-refractivity contribution in [1.29, 1.82) is 0 Å². The van der Waals surface area contributed by atoms with Crippen molar-refractivity contribution in [3.05, 3.63) is 72.3 Å². The average Bonchev–Trinajstić information content (AvgIpc) is 3.33. The van der Waals surface area contributed by atoms with E-state index in [1.165, 1.54) is 11.6 Å². The van der Waals surface area contributed by atoms with Crippen molar-refractivity contribution < 1.29 is 8.42 Å². The molecule has 34 heavy (non-hydrogen) atoms. The van der Waals surface area contributed by atoms with Gasteiger partial charge in [0.05, 0.1) is 22.8 Å². The number of hydrogen-bond donors (Lipinski definition) is 2. The first-order chi connectivity index (χ1) is 16.5. The van der Waals surface area contributed by atoms with Crippen molar-refractivity contribution in [3.63, 3.8) is 0 Å². The van der Waals surface area contributed by atoms with Gasteiger partial charge >= 0.3 is 0 Å². The van der Waals surface area contributed by atoms with Crippen LogP contribution in [-0.2, 0) is 16.4 Å². The highest BCUT2D eigenvalue weighted by Gasteiger charge is 2.22. The summed E-state index contributed by atoms with van der Waals surface area (Å²) >= 11 is 0.970. The van der Waals surface area contributed by atoms with Crippen molar-refractivity contribution in [2.24, 2.45) is 0 Å². The van der Waals surface area contributed by atoms with E-state index in [2.05, 4.69) is 47.8 Å². The first kappa shape index (κ1) is 22.2. The lowest BCUT2D eigenvalue weighted by Gasteiger charge is -2.14. The number of rotatable bonds is 8. The summed E-state index contributed by atoms with van der Waals surface area (Å²) in [6, 6.07) is 20.2. The van der Waals surface area contributed by atoms with Gasteiger partial charge in [0.15, 0.2) is 11.6 Å². The second-order valence-corrected chi connectivity index (χ2v) is 10.0. The Balaban J connectivity index is 1.52. The van der Waals surface area contributed by atoms with Crippen LogP contribution in [0.4, 0.5) is 17.3 Å². The van der Waals surface area contributed by atoms with Crippen LogP contribution in [0.2, 0.25) is 0 Å². The summed E-state index contributed by atoms with van der Waals surface area (Å²) in [6.45, 7) is 2.17. The van der Waals surface area contributed by atoms with Gasteiger partial charge in [-0.05, 0) is 54.8 Å². The van der Waals surface area contributed by atoms with Gasteiger partial charge in [-0.25, -0.2) is 18.4 Å². The molecule has 5 rings (SSSR count). The van der Waals surface area contributed by atoms with E-state index in [0.717, 1.165) is 36.7 Å². The van der Waals surface area contributed by atoms with Gasteiger partial charge < -0.3 is 5.32 Å². The first-order valence-corrected chi connectivity index (χ1v) is 13.1. The summed E-state index contributed by atoms with van der Waals surface area (Å²) < 4.78 is 37.6. The van der Waals surface area contributed by atoms with E-state index < -0.39 is 10.0 Å². The molecule has 5 aromatic rings.